The van der Waals surface area contributed by atoms with Crippen LogP contribution in [-0.4, -0.2) is 11.8 Å². The van der Waals surface area contributed by atoms with Gasteiger partial charge in [-0.15, -0.1) is 0 Å². The maximum absolute atomic E-state index is 12.0. The second-order valence-corrected chi connectivity index (χ2v) is 5.61. The number of nitrogens with one attached hydrogen (secondary N) is 1. The van der Waals surface area contributed by atoms with E-state index in [1.54, 1.807) is 48.5 Å². The molecule has 0 saturated carbocycles. The zero-order valence-electron chi connectivity index (χ0n) is 12.1. The van der Waals surface area contributed by atoms with Gasteiger partial charge in [0.1, 0.15) is 0 Å². The molecule has 6 heteroatoms. The third-order valence-electron chi connectivity index (χ3n) is 3.01. The van der Waals surface area contributed by atoms with Crippen LogP contribution < -0.4 is 11.1 Å². The molecule has 0 spiro atoms. The Bertz CT molecular complexity index is 773. The molecule has 0 aromatic heterocycles. The van der Waals surface area contributed by atoms with E-state index in [1.807, 2.05) is 0 Å². The topological polar surface area (TPSA) is 72.2 Å². The Balaban J connectivity index is 2.09. The van der Waals surface area contributed by atoms with Crippen molar-refractivity contribution in [2.75, 3.05) is 5.32 Å². The summed E-state index contributed by atoms with van der Waals surface area (Å²) in [5.74, 6) is -0.786. The summed E-state index contributed by atoms with van der Waals surface area (Å²) in [6, 6.07) is 12.1. The first kappa shape index (κ1) is 17.1. The van der Waals surface area contributed by atoms with Crippen molar-refractivity contribution in [2.24, 2.45) is 5.73 Å². The predicted molar refractivity (Wildman–Crippen MR) is 93.5 cm³/mol. The first-order valence-corrected chi connectivity index (χ1v) is 7.51. The second-order valence-electron chi connectivity index (χ2n) is 4.80. The molecule has 0 heterocycles. The lowest BCUT2D eigenvalue weighted by molar-refractivity contribution is -0.117. The number of nitrogens with two attached hydrogens (primary N) is 1. The van der Waals surface area contributed by atoms with E-state index in [4.69, 9.17) is 28.9 Å². The van der Waals surface area contributed by atoms with Gasteiger partial charge in [0, 0.05) is 11.8 Å². The molecular weight excluding hydrogens is 335 g/mol. The summed E-state index contributed by atoms with van der Waals surface area (Å²) in [5, 5.41) is 3.59. The minimum Gasteiger partial charge on any atom is -0.369 e. The fourth-order valence-corrected chi connectivity index (χ4v) is 2.25. The molecule has 0 fully saturated rings. The zero-order valence-corrected chi connectivity index (χ0v) is 13.6. The van der Waals surface area contributed by atoms with Crippen molar-refractivity contribution in [3.8, 4) is 0 Å². The number of hydrogen-bond donors (Lipinski definition) is 2. The van der Waals surface area contributed by atoms with E-state index < -0.39 is 5.91 Å². The summed E-state index contributed by atoms with van der Waals surface area (Å²) >= 11 is 11.8. The van der Waals surface area contributed by atoms with Crippen molar-refractivity contribution < 1.29 is 9.59 Å². The summed E-state index contributed by atoms with van der Waals surface area (Å²) in [5.41, 5.74) is 7.16. The number of carbonyl (C=O) groups excluding carboxylic acids is 2. The zero-order chi connectivity index (χ0) is 16.8. The number of rotatable bonds is 5. The van der Waals surface area contributed by atoms with Crippen molar-refractivity contribution in [3.63, 3.8) is 0 Å². The highest BCUT2D eigenvalue weighted by atomic mass is 35.5. The highest BCUT2D eigenvalue weighted by Gasteiger charge is 2.06. The van der Waals surface area contributed by atoms with E-state index in [-0.39, 0.29) is 12.3 Å². The molecule has 118 valence electrons. The van der Waals surface area contributed by atoms with Crippen molar-refractivity contribution in [1.82, 2.24) is 0 Å². The lowest BCUT2D eigenvalue weighted by Crippen LogP contribution is -2.16. The predicted octanol–water partition coefficient (Wildman–Crippen LogP) is 3.67. The van der Waals surface area contributed by atoms with Gasteiger partial charge in [0.15, 0.2) is 0 Å². The smallest absolute Gasteiger partial charge is 0.248 e. The molecule has 0 radical (unpaired) electrons. The van der Waals surface area contributed by atoms with Crippen molar-refractivity contribution >= 4 is 46.8 Å². The van der Waals surface area contributed by atoms with E-state index in [2.05, 4.69) is 5.32 Å². The Kier molecular flexibility index (Phi) is 5.79. The van der Waals surface area contributed by atoms with Crippen LogP contribution in [0.2, 0.25) is 10.0 Å². The molecule has 0 aliphatic rings. The van der Waals surface area contributed by atoms with Crippen LogP contribution in [0, 0.1) is 0 Å². The number of carbonyl (C=O) groups is 2. The van der Waals surface area contributed by atoms with Crippen LogP contribution in [0.4, 0.5) is 5.69 Å². The lowest BCUT2D eigenvalue weighted by Gasteiger charge is -2.08. The number of amides is 2. The third-order valence-corrected chi connectivity index (χ3v) is 3.75. The van der Waals surface area contributed by atoms with E-state index in [1.165, 1.54) is 6.08 Å². The number of para-hydroxylation sites is 1. The van der Waals surface area contributed by atoms with Crippen LogP contribution in [0.15, 0.2) is 48.5 Å². The number of halogens is 2. The molecule has 2 rings (SSSR count). The van der Waals surface area contributed by atoms with Crippen LogP contribution in [0.25, 0.3) is 6.08 Å². The van der Waals surface area contributed by atoms with Crippen LogP contribution in [0.1, 0.15) is 11.1 Å². The van der Waals surface area contributed by atoms with E-state index in [0.29, 0.717) is 21.3 Å². The molecule has 0 aliphatic carbocycles. The Labute approximate surface area is 143 Å². The molecular formula is C17H14Cl2N2O2. The minimum absolute atomic E-state index is 0.0625. The average molecular weight is 349 g/mol. The standard InChI is InChI=1S/C17H14Cl2N2O2/c18-13-7-5-11(9-14(13)19)6-8-17(23)21-15-4-2-1-3-12(15)10-16(20)22/h1-9H,10H2,(H2,20,22)(H,21,23). The van der Waals surface area contributed by atoms with Gasteiger partial charge in [-0.3, -0.25) is 9.59 Å². The maximum Gasteiger partial charge on any atom is 0.248 e. The third kappa shape index (κ3) is 5.13. The molecule has 0 aliphatic heterocycles. The van der Waals surface area contributed by atoms with E-state index >= 15 is 0 Å². The Hall–Kier alpha value is -2.30. The molecule has 4 nitrogen and oxygen atoms in total. The molecule has 0 saturated heterocycles. The molecule has 0 unspecified atom stereocenters. The van der Waals surface area contributed by atoms with Crippen LogP contribution in [0.3, 0.4) is 0 Å². The lowest BCUT2D eigenvalue weighted by atomic mass is 10.1. The molecule has 3 N–H and O–H groups in total. The SMILES string of the molecule is NC(=O)Cc1ccccc1NC(=O)C=Cc1ccc(Cl)c(Cl)c1. The van der Waals surface area contributed by atoms with Gasteiger partial charge in [-0.1, -0.05) is 47.5 Å². The molecule has 2 amide bonds. The molecule has 0 atom stereocenters. The normalized spacial score (nSPS) is 10.7. The highest BCUT2D eigenvalue weighted by Crippen LogP contribution is 2.23. The van der Waals surface area contributed by atoms with Gasteiger partial charge in [-0.25, -0.2) is 0 Å². The van der Waals surface area contributed by atoms with Crippen molar-refractivity contribution in [1.29, 1.82) is 0 Å². The molecule has 0 bridgehead atoms. The Morgan fingerprint density at radius 3 is 2.52 bits per heavy atom. The molecule has 2 aromatic carbocycles. The molecule has 23 heavy (non-hydrogen) atoms. The van der Waals surface area contributed by atoms with Gasteiger partial charge in [-0.05, 0) is 35.4 Å². The largest absolute Gasteiger partial charge is 0.369 e. The van der Waals surface area contributed by atoms with Gasteiger partial charge in [0.25, 0.3) is 0 Å². The number of anilines is 1. The Morgan fingerprint density at radius 2 is 1.83 bits per heavy atom. The van der Waals surface area contributed by atoms with Crippen LogP contribution in [-0.2, 0) is 16.0 Å². The van der Waals surface area contributed by atoms with Crippen LogP contribution in [0.5, 0.6) is 0 Å². The van der Waals surface area contributed by atoms with Gasteiger partial charge in [-0.2, -0.15) is 0 Å². The summed E-state index contributed by atoms with van der Waals surface area (Å²) in [6.45, 7) is 0. The first-order valence-electron chi connectivity index (χ1n) is 6.76. The number of hydrogen-bond acceptors (Lipinski definition) is 2. The fourth-order valence-electron chi connectivity index (χ4n) is 1.95. The molecule has 2 aromatic rings. The van der Waals surface area contributed by atoms with Crippen molar-refractivity contribution in [3.05, 3.63) is 69.7 Å². The van der Waals surface area contributed by atoms with Gasteiger partial charge in [0.2, 0.25) is 11.8 Å². The number of primary amides is 1. The fraction of sp³-hybridized carbons (Fsp3) is 0.0588. The summed E-state index contributed by atoms with van der Waals surface area (Å²) < 4.78 is 0. The highest BCUT2D eigenvalue weighted by molar-refractivity contribution is 6.42. The first-order chi connectivity index (χ1) is 11.0. The van der Waals surface area contributed by atoms with Gasteiger partial charge in [0.05, 0.1) is 16.5 Å². The maximum atomic E-state index is 12.0. The number of benzene rings is 2. The summed E-state index contributed by atoms with van der Waals surface area (Å²) in [7, 11) is 0. The second kappa shape index (κ2) is 7.81. The average Bonchev–Trinajstić information content (AvgIpc) is 2.50. The summed E-state index contributed by atoms with van der Waals surface area (Å²) in [4.78, 5) is 23.1. The summed E-state index contributed by atoms with van der Waals surface area (Å²) in [6.07, 6.45) is 3.06. The Morgan fingerprint density at radius 1 is 1.09 bits per heavy atom. The van der Waals surface area contributed by atoms with E-state index in [9.17, 15) is 9.59 Å². The van der Waals surface area contributed by atoms with E-state index in [0.717, 1.165) is 5.56 Å². The monoisotopic (exact) mass is 348 g/mol. The quantitative estimate of drug-likeness (QED) is 0.809. The van der Waals surface area contributed by atoms with Gasteiger partial charge < -0.3 is 11.1 Å². The minimum atomic E-state index is -0.460. The van der Waals surface area contributed by atoms with Crippen molar-refractivity contribution in [2.45, 2.75) is 6.42 Å². The van der Waals surface area contributed by atoms with Gasteiger partial charge >= 0.3 is 0 Å². The van der Waals surface area contributed by atoms with Crippen LogP contribution >= 0.6 is 23.2 Å².